The molecule has 0 radical (unpaired) electrons. The fourth-order valence-electron chi connectivity index (χ4n) is 2.50. The minimum absolute atomic E-state index is 0.0341. The molecule has 0 N–H and O–H groups in total. The molecule has 0 spiro atoms. The zero-order chi connectivity index (χ0) is 18.2. The van der Waals surface area contributed by atoms with E-state index in [1.165, 1.54) is 6.33 Å². The predicted octanol–water partition coefficient (Wildman–Crippen LogP) is 2.71. The summed E-state index contributed by atoms with van der Waals surface area (Å²) in [6, 6.07) is 3.82. The summed E-state index contributed by atoms with van der Waals surface area (Å²) < 4.78 is 17.9. The molecule has 1 aromatic heterocycles. The van der Waals surface area contributed by atoms with Crippen molar-refractivity contribution in [3.05, 3.63) is 35.9 Å². The van der Waals surface area contributed by atoms with Crippen molar-refractivity contribution in [3.8, 4) is 11.5 Å². The van der Waals surface area contributed by atoms with Crippen molar-refractivity contribution < 1.29 is 14.2 Å². The van der Waals surface area contributed by atoms with E-state index in [4.69, 9.17) is 14.2 Å². The minimum atomic E-state index is 0.0341. The van der Waals surface area contributed by atoms with Gasteiger partial charge in [-0.2, -0.15) is 0 Å². The highest BCUT2D eigenvalue weighted by Gasteiger charge is 2.19. The molecule has 138 valence electrons. The van der Waals surface area contributed by atoms with Crippen molar-refractivity contribution in [2.45, 2.75) is 39.9 Å². The molecule has 1 aromatic rings. The third-order valence-electron chi connectivity index (χ3n) is 3.68. The fourth-order valence-corrected chi connectivity index (χ4v) is 2.50. The quantitative estimate of drug-likeness (QED) is 0.816. The van der Waals surface area contributed by atoms with Crippen molar-refractivity contribution in [2.75, 3.05) is 33.4 Å². The number of ether oxygens (including phenoxy) is 3. The second kappa shape index (κ2) is 9.53. The molecule has 6 nitrogen and oxygen atoms in total. The Morgan fingerprint density at radius 1 is 1.28 bits per heavy atom. The molecule has 1 aliphatic rings. The van der Waals surface area contributed by atoms with Gasteiger partial charge in [0.1, 0.15) is 19.0 Å². The molecule has 1 atom stereocenters. The average Bonchev–Trinajstić information content (AvgIpc) is 2.54. The fraction of sp³-hybridized carbons (Fsp3) is 0.579. The number of hydrogen-bond donors (Lipinski definition) is 0. The summed E-state index contributed by atoms with van der Waals surface area (Å²) in [6.45, 7) is 10.9. The van der Waals surface area contributed by atoms with Crippen molar-refractivity contribution in [1.29, 1.82) is 0 Å². The van der Waals surface area contributed by atoms with Crippen LogP contribution in [0.1, 0.15) is 25.1 Å². The molecule has 0 bridgehead atoms. The van der Waals surface area contributed by atoms with Gasteiger partial charge in [0.05, 0.1) is 12.7 Å². The molecule has 0 saturated carbocycles. The lowest BCUT2D eigenvalue weighted by Crippen LogP contribution is -2.42. The second-order valence-electron chi connectivity index (χ2n) is 6.66. The predicted molar refractivity (Wildman–Crippen MR) is 97.6 cm³/mol. The summed E-state index contributed by atoms with van der Waals surface area (Å²) >= 11 is 0. The maximum atomic E-state index is 6.10. The minimum Gasteiger partial charge on any atom is -0.487 e. The second-order valence-corrected chi connectivity index (χ2v) is 6.66. The maximum absolute atomic E-state index is 6.10. The average molecular weight is 347 g/mol. The monoisotopic (exact) mass is 347 g/mol. The van der Waals surface area contributed by atoms with Gasteiger partial charge in [-0.05, 0) is 46.4 Å². The van der Waals surface area contributed by atoms with Crippen LogP contribution in [0, 0.1) is 13.8 Å². The number of aromatic nitrogens is 2. The van der Waals surface area contributed by atoms with E-state index < -0.39 is 0 Å². The van der Waals surface area contributed by atoms with E-state index in [9.17, 15) is 0 Å². The Morgan fingerprint density at radius 3 is 2.80 bits per heavy atom. The summed E-state index contributed by atoms with van der Waals surface area (Å²) in [7, 11) is 2.09. The third kappa shape index (κ3) is 6.84. The Morgan fingerprint density at radius 2 is 2.08 bits per heavy atom. The lowest BCUT2D eigenvalue weighted by molar-refractivity contribution is -0.0407. The first kappa shape index (κ1) is 19.4. The van der Waals surface area contributed by atoms with Crippen LogP contribution in [0.2, 0.25) is 0 Å². The molecule has 0 aromatic carbocycles. The van der Waals surface area contributed by atoms with Crippen LogP contribution in [0.15, 0.2) is 24.7 Å². The molecule has 2 rings (SSSR count). The summed E-state index contributed by atoms with van der Waals surface area (Å²) in [5.74, 6) is 1.34. The first-order chi connectivity index (χ1) is 11.9. The normalized spacial score (nSPS) is 17.9. The Hall–Kier alpha value is -1.92. The molecule has 1 aliphatic heterocycles. The molecule has 1 fully saturated rings. The zero-order valence-corrected chi connectivity index (χ0v) is 15.9. The smallest absolute Gasteiger partial charge is 0.163 e. The molecule has 0 aliphatic carbocycles. The SMILES string of the molecule is Cc1cncnc(C)cc(OCC2CN(C)CCO2)c(OC(C)C)c1. The largest absolute Gasteiger partial charge is 0.487 e. The Labute approximate surface area is 150 Å². The van der Waals surface area contributed by atoms with E-state index in [1.54, 1.807) is 6.20 Å². The summed E-state index contributed by atoms with van der Waals surface area (Å²) in [5.41, 5.74) is 1.76. The molecule has 0 amide bonds. The van der Waals surface area contributed by atoms with E-state index in [2.05, 4.69) is 21.9 Å². The molecule has 25 heavy (non-hydrogen) atoms. The number of hydrogen-bond acceptors (Lipinski definition) is 6. The van der Waals surface area contributed by atoms with Crippen LogP contribution < -0.4 is 9.47 Å². The molecule has 6 heteroatoms. The first-order valence-corrected chi connectivity index (χ1v) is 8.70. The zero-order valence-electron chi connectivity index (χ0n) is 15.9. The van der Waals surface area contributed by atoms with Crippen molar-refractivity contribution in [1.82, 2.24) is 14.9 Å². The van der Waals surface area contributed by atoms with Crippen LogP contribution in [0.4, 0.5) is 0 Å². The van der Waals surface area contributed by atoms with E-state index in [-0.39, 0.29) is 12.2 Å². The lowest BCUT2D eigenvalue weighted by Gasteiger charge is -2.30. The molecular weight excluding hydrogens is 318 g/mol. The lowest BCUT2D eigenvalue weighted by atomic mass is 10.2. The van der Waals surface area contributed by atoms with E-state index in [0.29, 0.717) is 18.1 Å². The summed E-state index contributed by atoms with van der Waals surface area (Å²) in [6.07, 6.45) is 3.37. The van der Waals surface area contributed by atoms with Crippen LogP contribution in [0.25, 0.3) is 0 Å². The first-order valence-electron chi connectivity index (χ1n) is 8.70. The van der Waals surface area contributed by atoms with Gasteiger partial charge in [-0.1, -0.05) is 0 Å². The third-order valence-corrected chi connectivity index (χ3v) is 3.68. The topological polar surface area (TPSA) is 56.7 Å². The Balaban J connectivity index is 2.32. The van der Waals surface area contributed by atoms with Crippen LogP contribution >= 0.6 is 0 Å². The number of nitrogens with zero attached hydrogens (tertiary/aromatic N) is 3. The highest BCUT2D eigenvalue weighted by molar-refractivity contribution is 5.39. The van der Waals surface area contributed by atoms with Gasteiger partial charge in [0, 0.05) is 31.0 Å². The number of aryl methyl sites for hydroxylation is 2. The van der Waals surface area contributed by atoms with Gasteiger partial charge in [-0.3, -0.25) is 0 Å². The molecule has 1 saturated heterocycles. The number of morpholine rings is 1. The number of rotatable bonds is 5. The van der Waals surface area contributed by atoms with E-state index in [1.807, 2.05) is 39.8 Å². The van der Waals surface area contributed by atoms with Gasteiger partial charge in [0.25, 0.3) is 0 Å². The van der Waals surface area contributed by atoms with Gasteiger partial charge in [0.2, 0.25) is 0 Å². The van der Waals surface area contributed by atoms with Crippen LogP contribution in [0.3, 0.4) is 0 Å². The van der Waals surface area contributed by atoms with Crippen molar-refractivity contribution in [3.63, 3.8) is 0 Å². The van der Waals surface area contributed by atoms with Gasteiger partial charge in [-0.15, -0.1) is 0 Å². The van der Waals surface area contributed by atoms with Crippen LogP contribution in [-0.4, -0.2) is 60.4 Å². The highest BCUT2D eigenvalue weighted by atomic mass is 16.5. The Bertz CT molecular complexity index is 621. The Kier molecular flexibility index (Phi) is 7.40. The molecule has 2 heterocycles. The molecular formula is C19H29N3O3. The van der Waals surface area contributed by atoms with E-state index >= 15 is 0 Å². The van der Waals surface area contributed by atoms with Gasteiger partial charge in [-0.25, -0.2) is 9.97 Å². The van der Waals surface area contributed by atoms with Gasteiger partial charge in [0.15, 0.2) is 11.5 Å². The van der Waals surface area contributed by atoms with Gasteiger partial charge >= 0.3 is 0 Å². The van der Waals surface area contributed by atoms with Crippen LogP contribution in [0.5, 0.6) is 11.5 Å². The number of likely N-dealkylation sites (N-methyl/N-ethyl adjacent to an activating group) is 1. The van der Waals surface area contributed by atoms with E-state index in [0.717, 1.165) is 31.0 Å². The van der Waals surface area contributed by atoms with Gasteiger partial charge < -0.3 is 19.1 Å². The maximum Gasteiger partial charge on any atom is 0.163 e. The van der Waals surface area contributed by atoms with Crippen LogP contribution in [-0.2, 0) is 4.74 Å². The van der Waals surface area contributed by atoms with Crippen molar-refractivity contribution >= 4 is 0 Å². The standard InChI is InChI=1S/C19H29N3O3/c1-14(2)25-19-8-15(3)10-20-13-21-16(4)9-18(19)24-12-17-11-22(5)6-7-23-17/h8-10,13-14,17H,6-7,11-12H2,1-5H3. The highest BCUT2D eigenvalue weighted by Crippen LogP contribution is 2.27. The van der Waals surface area contributed by atoms with Crippen molar-refractivity contribution in [2.24, 2.45) is 0 Å². The molecule has 1 unspecified atom stereocenters. The summed E-state index contributed by atoms with van der Waals surface area (Å²) in [5, 5.41) is 0. The summed E-state index contributed by atoms with van der Waals surface area (Å²) in [4.78, 5) is 10.7.